The topological polar surface area (TPSA) is 46.5 Å². The van der Waals surface area contributed by atoms with E-state index in [1.54, 1.807) is 18.2 Å². The molecular formula is C10H11ClO3. The summed E-state index contributed by atoms with van der Waals surface area (Å²) >= 11 is 5.20. The molecule has 0 atom stereocenters. The van der Waals surface area contributed by atoms with Crippen molar-refractivity contribution in [2.24, 2.45) is 0 Å². The van der Waals surface area contributed by atoms with Gasteiger partial charge in [0.1, 0.15) is 0 Å². The number of carbonyl (C=O) groups excluding carboxylic acids is 1. The standard InChI is InChI=1S/C10H11ClO3/c1-14-9-4-2-7(6-8(9)12)3-5-10(11)13/h2,4,6,12H,3,5H2,1H3. The number of aryl methyl sites for hydroxylation is 1. The molecule has 0 fully saturated rings. The molecule has 0 heterocycles. The van der Waals surface area contributed by atoms with Crippen LogP contribution in [0.1, 0.15) is 12.0 Å². The van der Waals surface area contributed by atoms with Crippen molar-refractivity contribution >= 4 is 16.8 Å². The Morgan fingerprint density at radius 3 is 2.79 bits per heavy atom. The molecule has 0 saturated carbocycles. The zero-order valence-corrected chi connectivity index (χ0v) is 8.54. The summed E-state index contributed by atoms with van der Waals surface area (Å²) in [4.78, 5) is 10.5. The Bertz CT molecular complexity index is 336. The molecule has 0 bridgehead atoms. The number of carbonyl (C=O) groups is 1. The van der Waals surface area contributed by atoms with Crippen molar-refractivity contribution in [1.82, 2.24) is 0 Å². The van der Waals surface area contributed by atoms with Crippen LogP contribution in [-0.2, 0) is 11.2 Å². The highest BCUT2D eigenvalue weighted by Gasteiger charge is 2.03. The molecule has 0 saturated heterocycles. The SMILES string of the molecule is COc1ccc(CCC(=O)Cl)cc1O. The number of hydrogen-bond donors (Lipinski definition) is 1. The zero-order valence-electron chi connectivity index (χ0n) is 7.79. The number of halogens is 1. The minimum Gasteiger partial charge on any atom is -0.504 e. The van der Waals surface area contributed by atoms with E-state index in [1.165, 1.54) is 7.11 Å². The quantitative estimate of drug-likeness (QED) is 0.781. The first-order valence-corrected chi connectivity index (χ1v) is 4.55. The molecule has 14 heavy (non-hydrogen) atoms. The van der Waals surface area contributed by atoms with Gasteiger partial charge in [-0.25, -0.2) is 0 Å². The Hall–Kier alpha value is -1.22. The molecule has 0 aromatic heterocycles. The van der Waals surface area contributed by atoms with Gasteiger partial charge in [0.25, 0.3) is 0 Å². The molecule has 1 aromatic carbocycles. The monoisotopic (exact) mass is 214 g/mol. The van der Waals surface area contributed by atoms with Gasteiger partial charge in [-0.3, -0.25) is 4.79 Å². The third kappa shape index (κ3) is 2.92. The van der Waals surface area contributed by atoms with Crippen LogP contribution in [0.5, 0.6) is 11.5 Å². The molecule has 1 N–H and O–H groups in total. The van der Waals surface area contributed by atoms with E-state index in [0.717, 1.165) is 5.56 Å². The van der Waals surface area contributed by atoms with Crippen LogP contribution in [-0.4, -0.2) is 17.5 Å². The van der Waals surface area contributed by atoms with E-state index in [9.17, 15) is 9.90 Å². The van der Waals surface area contributed by atoms with Gasteiger partial charge in [0.15, 0.2) is 11.5 Å². The Labute approximate surface area is 87.3 Å². The highest BCUT2D eigenvalue weighted by molar-refractivity contribution is 6.63. The lowest BCUT2D eigenvalue weighted by Gasteiger charge is -2.04. The number of aromatic hydroxyl groups is 1. The van der Waals surface area contributed by atoms with E-state index in [-0.39, 0.29) is 17.4 Å². The van der Waals surface area contributed by atoms with Gasteiger partial charge in [-0.05, 0) is 35.7 Å². The number of rotatable bonds is 4. The Balaban J connectivity index is 2.71. The first kappa shape index (κ1) is 10.9. The summed E-state index contributed by atoms with van der Waals surface area (Å²) in [5.74, 6) is 0.498. The van der Waals surface area contributed by atoms with Gasteiger partial charge in [0.05, 0.1) is 7.11 Å². The van der Waals surface area contributed by atoms with Crippen LogP contribution in [0.4, 0.5) is 0 Å². The highest BCUT2D eigenvalue weighted by Crippen LogP contribution is 2.26. The summed E-state index contributed by atoms with van der Waals surface area (Å²) in [6.45, 7) is 0. The molecule has 76 valence electrons. The van der Waals surface area contributed by atoms with Crippen molar-refractivity contribution in [3.63, 3.8) is 0 Å². The van der Waals surface area contributed by atoms with Crippen molar-refractivity contribution in [1.29, 1.82) is 0 Å². The molecule has 3 nitrogen and oxygen atoms in total. The van der Waals surface area contributed by atoms with Crippen LogP contribution in [0.15, 0.2) is 18.2 Å². The molecule has 1 aromatic rings. The molecule has 1 rings (SSSR count). The number of phenols is 1. The van der Waals surface area contributed by atoms with E-state index in [4.69, 9.17) is 16.3 Å². The van der Waals surface area contributed by atoms with Gasteiger partial charge in [-0.2, -0.15) is 0 Å². The normalized spacial score (nSPS) is 9.86. The predicted molar refractivity (Wildman–Crippen MR) is 53.8 cm³/mol. The molecule has 0 aliphatic carbocycles. The molecule has 4 heteroatoms. The minimum absolute atomic E-state index is 0.0759. The second-order valence-electron chi connectivity index (χ2n) is 2.86. The van der Waals surface area contributed by atoms with E-state index < -0.39 is 0 Å². The van der Waals surface area contributed by atoms with Crippen molar-refractivity contribution in [2.45, 2.75) is 12.8 Å². The van der Waals surface area contributed by atoms with Gasteiger partial charge in [-0.15, -0.1) is 0 Å². The molecule has 0 radical (unpaired) electrons. The maximum Gasteiger partial charge on any atom is 0.221 e. The fourth-order valence-electron chi connectivity index (χ4n) is 1.13. The minimum atomic E-state index is -0.375. The molecule has 0 spiro atoms. The molecule has 0 unspecified atom stereocenters. The van der Waals surface area contributed by atoms with Crippen molar-refractivity contribution in [2.75, 3.05) is 7.11 Å². The second kappa shape index (κ2) is 4.86. The Kier molecular flexibility index (Phi) is 3.77. The number of methoxy groups -OCH3 is 1. The molecule has 0 amide bonds. The van der Waals surface area contributed by atoms with Crippen molar-refractivity contribution < 1.29 is 14.6 Å². The number of hydrogen-bond acceptors (Lipinski definition) is 3. The average Bonchev–Trinajstić information content (AvgIpc) is 2.15. The van der Waals surface area contributed by atoms with E-state index >= 15 is 0 Å². The smallest absolute Gasteiger partial charge is 0.221 e. The molecule has 0 aliphatic rings. The van der Waals surface area contributed by atoms with E-state index in [2.05, 4.69) is 0 Å². The summed E-state index contributed by atoms with van der Waals surface area (Å²) in [7, 11) is 1.48. The van der Waals surface area contributed by atoms with E-state index in [1.807, 2.05) is 0 Å². The summed E-state index contributed by atoms with van der Waals surface area (Å²) in [6, 6.07) is 5.01. The largest absolute Gasteiger partial charge is 0.504 e. The summed E-state index contributed by atoms with van der Waals surface area (Å²) < 4.78 is 4.88. The van der Waals surface area contributed by atoms with Crippen LogP contribution in [0.2, 0.25) is 0 Å². The maximum absolute atomic E-state index is 10.5. The first-order chi connectivity index (χ1) is 6.63. The van der Waals surface area contributed by atoms with Gasteiger partial charge in [0, 0.05) is 6.42 Å². The van der Waals surface area contributed by atoms with Gasteiger partial charge >= 0.3 is 0 Å². The zero-order chi connectivity index (χ0) is 10.6. The first-order valence-electron chi connectivity index (χ1n) is 4.17. The predicted octanol–water partition coefficient (Wildman–Crippen LogP) is 2.10. The fraction of sp³-hybridized carbons (Fsp3) is 0.300. The van der Waals surface area contributed by atoms with Gasteiger partial charge in [0.2, 0.25) is 5.24 Å². The lowest BCUT2D eigenvalue weighted by atomic mass is 10.1. The van der Waals surface area contributed by atoms with Crippen LogP contribution in [0, 0.1) is 0 Å². The second-order valence-corrected chi connectivity index (χ2v) is 3.28. The summed E-state index contributed by atoms with van der Waals surface area (Å²) in [6.07, 6.45) is 0.799. The lowest BCUT2D eigenvalue weighted by Crippen LogP contribution is -1.92. The Morgan fingerprint density at radius 2 is 2.29 bits per heavy atom. The number of ether oxygens (including phenoxy) is 1. The van der Waals surface area contributed by atoms with Crippen molar-refractivity contribution in [3.05, 3.63) is 23.8 Å². The summed E-state index contributed by atoms with van der Waals surface area (Å²) in [5.41, 5.74) is 0.859. The number of phenolic OH excluding ortho intramolecular Hbond substituents is 1. The van der Waals surface area contributed by atoms with Gasteiger partial charge < -0.3 is 9.84 Å². The third-order valence-corrected chi connectivity index (χ3v) is 2.04. The average molecular weight is 215 g/mol. The fourth-order valence-corrected chi connectivity index (χ4v) is 1.23. The van der Waals surface area contributed by atoms with Crippen LogP contribution < -0.4 is 4.74 Å². The summed E-state index contributed by atoms with van der Waals surface area (Å²) in [5, 5.41) is 9.04. The number of benzene rings is 1. The third-order valence-electron chi connectivity index (χ3n) is 1.85. The van der Waals surface area contributed by atoms with Gasteiger partial charge in [-0.1, -0.05) is 6.07 Å². The molecule has 0 aliphatic heterocycles. The highest BCUT2D eigenvalue weighted by atomic mass is 35.5. The maximum atomic E-state index is 10.5. The van der Waals surface area contributed by atoms with Crippen molar-refractivity contribution in [3.8, 4) is 11.5 Å². The van der Waals surface area contributed by atoms with Crippen LogP contribution >= 0.6 is 11.6 Å². The lowest BCUT2D eigenvalue weighted by molar-refractivity contribution is -0.111. The van der Waals surface area contributed by atoms with Crippen LogP contribution in [0.3, 0.4) is 0 Å². The molecular weight excluding hydrogens is 204 g/mol. The van der Waals surface area contributed by atoms with Crippen LogP contribution in [0.25, 0.3) is 0 Å². The Morgan fingerprint density at radius 1 is 1.57 bits per heavy atom. The van der Waals surface area contributed by atoms with E-state index in [0.29, 0.717) is 12.2 Å².